The Morgan fingerprint density at radius 1 is 0.395 bits per heavy atom. The summed E-state index contributed by atoms with van der Waals surface area (Å²) in [6.45, 7) is -0.312. The Balaban J connectivity index is 1.56. The summed E-state index contributed by atoms with van der Waals surface area (Å²) >= 11 is 0. The van der Waals surface area contributed by atoms with Gasteiger partial charge in [0.1, 0.15) is 91.9 Å². The van der Waals surface area contributed by atoms with Crippen LogP contribution in [0.2, 0.25) is 0 Å². The van der Waals surface area contributed by atoms with Gasteiger partial charge in [-0.15, -0.1) is 0 Å². The van der Waals surface area contributed by atoms with E-state index in [1.807, 2.05) is 4.90 Å². The van der Waals surface area contributed by atoms with Gasteiger partial charge in [0.15, 0.2) is 0 Å². The summed E-state index contributed by atoms with van der Waals surface area (Å²) in [4.78, 5) is 1.87. The molecule has 3 aliphatic rings. The van der Waals surface area contributed by atoms with Gasteiger partial charge in [-0.2, -0.15) is 0 Å². The average Bonchev–Trinajstić information content (AvgIpc) is 3.00. The normalized spacial score (nSPS) is 44.2. The van der Waals surface area contributed by atoms with E-state index in [2.05, 4.69) is 16.0 Å². The van der Waals surface area contributed by atoms with Crippen LogP contribution >= 0.6 is 0 Å². The molecule has 0 spiro atoms. The van der Waals surface area contributed by atoms with Gasteiger partial charge in [-0.1, -0.05) is 0 Å². The fourth-order valence-corrected chi connectivity index (χ4v) is 5.24. The van der Waals surface area contributed by atoms with Gasteiger partial charge in [-0.3, -0.25) is 20.9 Å². The number of nitrogens with one attached hydrogen (secondary N) is 3. The SMILES string of the molecule is OC[C@H]1OC(NCCN(CCNC2O[C@H](CO)[C@@H](O)[C@H](O)[C@H]2O)CCNC2O[C@H](CO)[C@@H](O)[C@H](O)[C@H]2O)[C@H](O)[C@@H](O)[C@@H]1O. The first-order chi connectivity index (χ1) is 20.4. The smallest absolute Gasteiger partial charge is 0.137 e. The Morgan fingerprint density at radius 2 is 0.651 bits per heavy atom. The molecule has 3 fully saturated rings. The van der Waals surface area contributed by atoms with Gasteiger partial charge < -0.3 is 75.5 Å². The van der Waals surface area contributed by atoms with Crippen molar-refractivity contribution in [3.63, 3.8) is 0 Å². The lowest BCUT2D eigenvalue weighted by Crippen LogP contribution is -2.63. The highest BCUT2D eigenvalue weighted by atomic mass is 16.6. The number of ether oxygens (including phenoxy) is 3. The van der Waals surface area contributed by atoms with E-state index in [0.717, 1.165) is 0 Å². The summed E-state index contributed by atoms with van der Waals surface area (Å²) in [5.41, 5.74) is 0. The van der Waals surface area contributed by atoms with Crippen LogP contribution in [-0.2, 0) is 14.2 Å². The Hall–Kier alpha value is -0.760. The molecule has 0 bridgehead atoms. The van der Waals surface area contributed by atoms with E-state index in [1.54, 1.807) is 0 Å². The maximum absolute atomic E-state index is 10.3. The van der Waals surface area contributed by atoms with E-state index < -0.39 is 112 Å². The van der Waals surface area contributed by atoms with Crippen molar-refractivity contribution in [3.05, 3.63) is 0 Å². The molecule has 0 amide bonds. The quantitative estimate of drug-likeness (QED) is 0.0796. The molecule has 0 aromatic heterocycles. The molecule has 0 aromatic rings. The molecule has 43 heavy (non-hydrogen) atoms. The highest BCUT2D eigenvalue weighted by Gasteiger charge is 2.45. The lowest BCUT2D eigenvalue weighted by atomic mass is 9.98. The van der Waals surface area contributed by atoms with Crippen molar-refractivity contribution in [2.24, 2.45) is 0 Å². The fraction of sp³-hybridized carbons (Fsp3) is 1.00. The van der Waals surface area contributed by atoms with Crippen molar-refractivity contribution in [2.45, 2.75) is 91.9 Å². The topological polar surface area (TPSA) is 310 Å². The predicted molar refractivity (Wildman–Crippen MR) is 142 cm³/mol. The van der Waals surface area contributed by atoms with Gasteiger partial charge in [0.05, 0.1) is 19.8 Å². The lowest BCUT2D eigenvalue weighted by molar-refractivity contribution is -0.237. The van der Waals surface area contributed by atoms with Crippen molar-refractivity contribution in [2.75, 3.05) is 59.1 Å². The molecular weight excluding hydrogens is 584 g/mol. The van der Waals surface area contributed by atoms with E-state index in [1.165, 1.54) is 0 Å². The highest BCUT2D eigenvalue weighted by molar-refractivity contribution is 4.93. The van der Waals surface area contributed by atoms with Gasteiger partial charge in [0.2, 0.25) is 0 Å². The van der Waals surface area contributed by atoms with E-state index in [4.69, 9.17) is 14.2 Å². The average molecular weight is 633 g/mol. The first kappa shape index (κ1) is 36.7. The lowest BCUT2D eigenvalue weighted by Gasteiger charge is -2.41. The molecule has 3 rings (SSSR count). The van der Waals surface area contributed by atoms with Crippen LogP contribution < -0.4 is 16.0 Å². The van der Waals surface area contributed by atoms with Crippen LogP contribution in [0.4, 0.5) is 0 Å². The van der Waals surface area contributed by atoms with Crippen LogP contribution in [0.3, 0.4) is 0 Å². The molecule has 3 unspecified atom stereocenters. The van der Waals surface area contributed by atoms with Crippen molar-refractivity contribution in [3.8, 4) is 0 Å². The van der Waals surface area contributed by atoms with Crippen molar-refractivity contribution < 1.29 is 75.5 Å². The third-order valence-corrected chi connectivity index (χ3v) is 8.00. The molecule has 0 aliphatic carbocycles. The van der Waals surface area contributed by atoms with Crippen LogP contribution in [0.5, 0.6) is 0 Å². The van der Waals surface area contributed by atoms with Gasteiger partial charge in [0, 0.05) is 39.3 Å². The van der Waals surface area contributed by atoms with Gasteiger partial charge >= 0.3 is 0 Å². The minimum Gasteiger partial charge on any atom is -0.394 e. The maximum Gasteiger partial charge on any atom is 0.137 e. The van der Waals surface area contributed by atoms with Gasteiger partial charge in [-0.25, -0.2) is 0 Å². The van der Waals surface area contributed by atoms with Crippen molar-refractivity contribution >= 4 is 0 Å². The second-order valence-electron chi connectivity index (χ2n) is 11.0. The molecule has 0 saturated carbocycles. The van der Waals surface area contributed by atoms with E-state index >= 15 is 0 Å². The van der Waals surface area contributed by atoms with Crippen LogP contribution in [0, 0.1) is 0 Å². The zero-order valence-corrected chi connectivity index (χ0v) is 23.6. The second-order valence-corrected chi connectivity index (χ2v) is 11.0. The van der Waals surface area contributed by atoms with Crippen LogP contribution in [0.1, 0.15) is 0 Å². The van der Waals surface area contributed by atoms with E-state index in [9.17, 15) is 61.3 Å². The molecule has 19 heteroatoms. The third kappa shape index (κ3) is 9.16. The largest absolute Gasteiger partial charge is 0.394 e. The second kappa shape index (κ2) is 17.2. The number of aliphatic hydroxyl groups excluding tert-OH is 12. The summed E-state index contributed by atoms with van der Waals surface area (Å²) in [5, 5.41) is 128. The van der Waals surface area contributed by atoms with E-state index in [0.29, 0.717) is 19.6 Å². The Bertz CT molecular complexity index is 704. The zero-order valence-electron chi connectivity index (χ0n) is 23.6. The standard InChI is InChI=1S/C24H48N4O15/c29-7-10-13(32)16(35)19(38)22(41-10)25-1-4-28(5-2-26-23-20(39)17(36)14(33)11(8-30)42-23)6-3-27-24-21(40)18(37)15(34)12(9-31)43-24/h10-27,29-40H,1-9H2/t10-,11-,12-,13-,14-,15-,16+,17+,18+,19-,20-,21-,22?,23?,24?/m1/s1. The number of hydrogen-bond acceptors (Lipinski definition) is 19. The molecule has 254 valence electrons. The number of hydrogen-bond donors (Lipinski definition) is 15. The van der Waals surface area contributed by atoms with Crippen molar-refractivity contribution in [1.29, 1.82) is 0 Å². The molecule has 15 N–H and O–H groups in total. The van der Waals surface area contributed by atoms with Crippen LogP contribution in [0.25, 0.3) is 0 Å². The summed E-state index contributed by atoms with van der Waals surface area (Å²) in [7, 11) is 0. The number of rotatable bonds is 15. The summed E-state index contributed by atoms with van der Waals surface area (Å²) in [6.07, 6.45) is -20.2. The molecule has 3 saturated heterocycles. The Kier molecular flexibility index (Phi) is 14.7. The van der Waals surface area contributed by atoms with Gasteiger partial charge in [-0.05, 0) is 0 Å². The molecular formula is C24H48N4O15. The highest BCUT2D eigenvalue weighted by Crippen LogP contribution is 2.21. The first-order valence-electron chi connectivity index (χ1n) is 14.3. The van der Waals surface area contributed by atoms with Crippen molar-refractivity contribution in [1.82, 2.24) is 20.9 Å². The summed E-state index contributed by atoms with van der Waals surface area (Å²) < 4.78 is 16.4. The predicted octanol–water partition coefficient (Wildman–Crippen LogP) is -9.54. The Labute approximate surface area is 247 Å². The van der Waals surface area contributed by atoms with E-state index in [-0.39, 0.29) is 19.6 Å². The number of nitrogens with zero attached hydrogens (tertiary/aromatic N) is 1. The minimum absolute atomic E-state index is 0.183. The molecule has 19 nitrogen and oxygen atoms in total. The summed E-state index contributed by atoms with van der Waals surface area (Å²) in [6, 6.07) is 0. The minimum atomic E-state index is -1.55. The molecule has 0 radical (unpaired) electrons. The zero-order chi connectivity index (χ0) is 31.8. The molecule has 15 atom stereocenters. The first-order valence-corrected chi connectivity index (χ1v) is 14.3. The monoisotopic (exact) mass is 632 g/mol. The van der Waals surface area contributed by atoms with Crippen LogP contribution in [-0.4, -0.2) is 217 Å². The number of aliphatic hydroxyl groups is 12. The molecule has 0 aromatic carbocycles. The third-order valence-electron chi connectivity index (χ3n) is 8.00. The maximum atomic E-state index is 10.3. The summed E-state index contributed by atoms with van der Waals surface area (Å²) in [5.74, 6) is 0. The molecule has 3 heterocycles. The van der Waals surface area contributed by atoms with Crippen LogP contribution in [0.15, 0.2) is 0 Å². The Morgan fingerprint density at radius 3 is 0.884 bits per heavy atom. The van der Waals surface area contributed by atoms with Gasteiger partial charge in [0.25, 0.3) is 0 Å². The fourth-order valence-electron chi connectivity index (χ4n) is 5.24. The molecule has 3 aliphatic heterocycles.